The third-order valence-electron chi connectivity index (χ3n) is 6.42. The molecule has 2 heteroatoms. The second-order valence-electron chi connectivity index (χ2n) is 9.00. The minimum Gasteiger partial charge on any atom is -0.345 e. The number of hydrogen-bond donors (Lipinski definition) is 0. The van der Waals surface area contributed by atoms with Crippen molar-refractivity contribution in [2.75, 3.05) is 16.8 Å². The normalized spacial score (nSPS) is 10.7. The molecule has 0 saturated carbocycles. The van der Waals surface area contributed by atoms with Crippen LogP contribution in [0.25, 0.3) is 11.1 Å². The van der Waals surface area contributed by atoms with E-state index in [2.05, 4.69) is 158 Å². The molecule has 0 aromatic heterocycles. The van der Waals surface area contributed by atoms with Gasteiger partial charge in [0.15, 0.2) is 0 Å². The van der Waals surface area contributed by atoms with Crippen molar-refractivity contribution in [1.29, 1.82) is 0 Å². The molecular formula is C33H30N2. The number of benzene rings is 5. The van der Waals surface area contributed by atoms with Crippen LogP contribution in [-0.2, 0) is 0 Å². The Bertz CT molecular complexity index is 1340. The van der Waals surface area contributed by atoms with E-state index in [-0.39, 0.29) is 0 Å². The maximum absolute atomic E-state index is 2.30. The van der Waals surface area contributed by atoms with E-state index in [0.29, 0.717) is 0 Å². The first-order valence-corrected chi connectivity index (χ1v) is 12.0. The molecule has 0 aliphatic heterocycles. The lowest BCUT2D eigenvalue weighted by Crippen LogP contribution is -2.12. The van der Waals surface area contributed by atoms with Crippen molar-refractivity contribution in [3.63, 3.8) is 0 Å². The second-order valence-corrected chi connectivity index (χ2v) is 9.00. The van der Waals surface area contributed by atoms with Crippen molar-refractivity contribution >= 4 is 28.4 Å². The number of nitrogens with zero attached hydrogens (tertiary/aromatic N) is 2. The zero-order valence-corrected chi connectivity index (χ0v) is 20.5. The highest BCUT2D eigenvalue weighted by Crippen LogP contribution is 2.36. The summed E-state index contributed by atoms with van der Waals surface area (Å²) in [4.78, 5) is 4.54. The van der Waals surface area contributed by atoms with Gasteiger partial charge in [-0.1, -0.05) is 77.9 Å². The van der Waals surface area contributed by atoms with E-state index in [0.717, 1.165) is 28.4 Å². The van der Waals surface area contributed by atoms with Crippen LogP contribution in [0.15, 0.2) is 127 Å². The maximum atomic E-state index is 2.30. The molecule has 0 heterocycles. The summed E-state index contributed by atoms with van der Waals surface area (Å²) in [5.41, 5.74) is 10.7. The zero-order chi connectivity index (χ0) is 24.2. The standard InChI is InChI=1S/C33H30N2/c1-25-12-16-30(17-13-25)35(31-18-14-26(2)15-19-31)32-22-20-29(21-23-32)34(3)33-11-7-10-28(24-33)27-8-5-4-6-9-27/h4-24H,1-3H3. The molecule has 0 spiro atoms. The van der Waals surface area contributed by atoms with Gasteiger partial charge in [-0.2, -0.15) is 0 Å². The predicted molar refractivity (Wildman–Crippen MR) is 151 cm³/mol. The van der Waals surface area contributed by atoms with E-state index in [9.17, 15) is 0 Å². The van der Waals surface area contributed by atoms with E-state index >= 15 is 0 Å². The Morgan fingerprint density at radius 3 is 1.40 bits per heavy atom. The highest BCUT2D eigenvalue weighted by Gasteiger charge is 2.13. The van der Waals surface area contributed by atoms with Gasteiger partial charge < -0.3 is 9.80 Å². The molecule has 0 aliphatic rings. The Hall–Kier alpha value is -4.30. The molecule has 0 aliphatic carbocycles. The summed E-state index contributed by atoms with van der Waals surface area (Å²) >= 11 is 0. The minimum atomic E-state index is 1.13. The van der Waals surface area contributed by atoms with E-state index in [1.807, 2.05) is 0 Å². The summed E-state index contributed by atoms with van der Waals surface area (Å²) in [7, 11) is 2.12. The molecule has 0 N–H and O–H groups in total. The lowest BCUT2D eigenvalue weighted by atomic mass is 10.0. The first-order valence-electron chi connectivity index (χ1n) is 12.0. The Morgan fingerprint density at radius 1 is 0.400 bits per heavy atom. The van der Waals surface area contributed by atoms with Gasteiger partial charge in [0.05, 0.1) is 0 Å². The van der Waals surface area contributed by atoms with E-state index in [4.69, 9.17) is 0 Å². The van der Waals surface area contributed by atoms with Gasteiger partial charge in [-0.15, -0.1) is 0 Å². The molecular weight excluding hydrogens is 424 g/mol. The molecule has 5 aromatic rings. The molecule has 0 unspecified atom stereocenters. The van der Waals surface area contributed by atoms with Gasteiger partial charge in [0.2, 0.25) is 0 Å². The second kappa shape index (κ2) is 9.90. The molecule has 0 bridgehead atoms. The Labute approximate surface area is 208 Å². The fourth-order valence-corrected chi connectivity index (χ4v) is 4.33. The summed E-state index contributed by atoms with van der Waals surface area (Å²) in [6.07, 6.45) is 0. The van der Waals surface area contributed by atoms with E-state index in [1.165, 1.54) is 22.3 Å². The summed E-state index contributed by atoms with van der Waals surface area (Å²) in [6.45, 7) is 4.24. The molecule has 5 rings (SSSR count). The molecule has 2 nitrogen and oxygen atoms in total. The molecule has 35 heavy (non-hydrogen) atoms. The van der Waals surface area contributed by atoms with E-state index in [1.54, 1.807) is 0 Å². The minimum absolute atomic E-state index is 1.13. The van der Waals surface area contributed by atoms with E-state index < -0.39 is 0 Å². The highest BCUT2D eigenvalue weighted by molar-refractivity contribution is 5.78. The smallest absolute Gasteiger partial charge is 0.0463 e. The SMILES string of the molecule is Cc1ccc(N(c2ccc(C)cc2)c2ccc(N(C)c3cccc(-c4ccccc4)c3)cc2)cc1. The quantitative estimate of drug-likeness (QED) is 0.252. The van der Waals surface area contributed by atoms with Crippen molar-refractivity contribution in [2.24, 2.45) is 0 Å². The summed E-state index contributed by atoms with van der Waals surface area (Å²) < 4.78 is 0. The Morgan fingerprint density at radius 2 is 0.857 bits per heavy atom. The molecule has 0 radical (unpaired) electrons. The van der Waals surface area contributed by atoms with Crippen molar-refractivity contribution in [2.45, 2.75) is 13.8 Å². The molecule has 5 aromatic carbocycles. The summed E-state index contributed by atoms with van der Waals surface area (Å²) in [6, 6.07) is 45.4. The molecule has 0 fully saturated rings. The van der Waals surface area contributed by atoms with Gasteiger partial charge in [-0.25, -0.2) is 0 Å². The number of hydrogen-bond acceptors (Lipinski definition) is 2. The van der Waals surface area contributed by atoms with Crippen molar-refractivity contribution in [3.05, 3.63) is 139 Å². The summed E-state index contributed by atoms with van der Waals surface area (Å²) in [5, 5.41) is 0. The van der Waals surface area contributed by atoms with Crippen LogP contribution < -0.4 is 9.80 Å². The van der Waals surface area contributed by atoms with Gasteiger partial charge in [0.25, 0.3) is 0 Å². The third-order valence-corrected chi connectivity index (χ3v) is 6.42. The highest BCUT2D eigenvalue weighted by atomic mass is 15.1. The third kappa shape index (κ3) is 4.97. The average molecular weight is 455 g/mol. The van der Waals surface area contributed by atoms with Crippen LogP contribution in [0.3, 0.4) is 0 Å². The topological polar surface area (TPSA) is 6.48 Å². The zero-order valence-electron chi connectivity index (χ0n) is 20.5. The van der Waals surface area contributed by atoms with Crippen molar-refractivity contribution in [3.8, 4) is 11.1 Å². The fraction of sp³-hybridized carbons (Fsp3) is 0.0909. The van der Waals surface area contributed by atoms with Crippen LogP contribution >= 0.6 is 0 Å². The lowest BCUT2D eigenvalue weighted by molar-refractivity contribution is 1.20. The number of aryl methyl sites for hydroxylation is 2. The molecule has 172 valence electrons. The van der Waals surface area contributed by atoms with Crippen LogP contribution in [-0.4, -0.2) is 7.05 Å². The van der Waals surface area contributed by atoms with Crippen molar-refractivity contribution in [1.82, 2.24) is 0 Å². The van der Waals surface area contributed by atoms with Gasteiger partial charge >= 0.3 is 0 Å². The van der Waals surface area contributed by atoms with Crippen LogP contribution in [0.1, 0.15) is 11.1 Å². The fourth-order valence-electron chi connectivity index (χ4n) is 4.33. The van der Waals surface area contributed by atoms with Crippen molar-refractivity contribution < 1.29 is 0 Å². The maximum Gasteiger partial charge on any atom is 0.0463 e. The summed E-state index contributed by atoms with van der Waals surface area (Å²) in [5.74, 6) is 0. The van der Waals surface area contributed by atoms with Crippen LogP contribution in [0, 0.1) is 13.8 Å². The first-order chi connectivity index (χ1) is 17.1. The number of anilines is 5. The lowest BCUT2D eigenvalue weighted by Gasteiger charge is -2.27. The van der Waals surface area contributed by atoms with Crippen LogP contribution in [0.4, 0.5) is 28.4 Å². The molecule has 0 amide bonds. The Kier molecular flexibility index (Phi) is 6.36. The van der Waals surface area contributed by atoms with Gasteiger partial charge in [-0.05, 0) is 85.6 Å². The van der Waals surface area contributed by atoms with Crippen LogP contribution in [0.5, 0.6) is 0 Å². The molecule has 0 saturated heterocycles. The predicted octanol–water partition coefficient (Wildman–Crippen LogP) is 9.21. The average Bonchev–Trinajstić information content (AvgIpc) is 2.91. The monoisotopic (exact) mass is 454 g/mol. The molecule has 0 atom stereocenters. The van der Waals surface area contributed by atoms with Crippen LogP contribution in [0.2, 0.25) is 0 Å². The van der Waals surface area contributed by atoms with Gasteiger partial charge in [0, 0.05) is 35.5 Å². The largest absolute Gasteiger partial charge is 0.345 e. The Balaban J connectivity index is 1.46. The van der Waals surface area contributed by atoms with Gasteiger partial charge in [0.1, 0.15) is 0 Å². The number of rotatable bonds is 6. The first kappa shape index (κ1) is 22.5. The van der Waals surface area contributed by atoms with Gasteiger partial charge in [-0.3, -0.25) is 0 Å².